The average molecular weight is 272 g/mol. The van der Waals surface area contributed by atoms with Crippen LogP contribution in [0.3, 0.4) is 0 Å². The van der Waals surface area contributed by atoms with Crippen molar-refractivity contribution in [1.29, 1.82) is 0 Å². The maximum Gasteiger partial charge on any atom is 0.330 e. The first kappa shape index (κ1) is 13.3. The van der Waals surface area contributed by atoms with E-state index in [1.54, 1.807) is 6.92 Å². The normalized spacial score (nSPS) is 18.2. The van der Waals surface area contributed by atoms with Gasteiger partial charge in [-0.15, -0.1) is 0 Å². The molecule has 3 nitrogen and oxygen atoms in total. The molecule has 1 aromatic carbocycles. The Morgan fingerprint density at radius 3 is 2.72 bits per heavy atom. The van der Waals surface area contributed by atoms with Crippen molar-refractivity contribution in [3.05, 3.63) is 34.6 Å². The first-order valence-corrected chi connectivity index (χ1v) is 6.17. The third-order valence-corrected chi connectivity index (χ3v) is 3.45. The van der Waals surface area contributed by atoms with Crippen molar-refractivity contribution in [3.8, 4) is 0 Å². The summed E-state index contributed by atoms with van der Waals surface area (Å²) in [5.41, 5.74) is -0.509. The Morgan fingerprint density at radius 2 is 2.22 bits per heavy atom. The summed E-state index contributed by atoms with van der Waals surface area (Å²) in [6.45, 7) is 1.70. The molecule has 1 atom stereocenters. The number of carbonyl (C=O) groups excluding carboxylic acids is 1. The smallest absolute Gasteiger partial charge is 0.330 e. The Labute approximate surface area is 110 Å². The minimum Gasteiger partial charge on any atom is -0.467 e. The number of rotatable bonds is 4. The third kappa shape index (κ3) is 2.49. The van der Waals surface area contributed by atoms with E-state index in [2.05, 4.69) is 5.32 Å². The molecule has 98 valence electrons. The highest BCUT2D eigenvalue weighted by Crippen LogP contribution is 2.33. The van der Waals surface area contributed by atoms with E-state index in [9.17, 15) is 9.18 Å². The summed E-state index contributed by atoms with van der Waals surface area (Å²) in [4.78, 5) is 12.0. The van der Waals surface area contributed by atoms with Crippen molar-refractivity contribution in [2.75, 3.05) is 7.11 Å². The van der Waals surface area contributed by atoms with Crippen LogP contribution in [-0.2, 0) is 15.1 Å². The number of nitrogens with one attached hydrogen (secondary N) is 1. The van der Waals surface area contributed by atoms with Gasteiger partial charge in [-0.2, -0.15) is 0 Å². The van der Waals surface area contributed by atoms with Gasteiger partial charge in [-0.25, -0.2) is 9.18 Å². The number of halogens is 2. The number of hydrogen-bond acceptors (Lipinski definition) is 3. The monoisotopic (exact) mass is 271 g/mol. The molecule has 0 heterocycles. The van der Waals surface area contributed by atoms with Gasteiger partial charge in [-0.3, -0.25) is 5.32 Å². The van der Waals surface area contributed by atoms with Crippen LogP contribution in [-0.4, -0.2) is 19.1 Å². The topological polar surface area (TPSA) is 38.3 Å². The number of carbonyl (C=O) groups is 1. The van der Waals surface area contributed by atoms with Crippen molar-refractivity contribution < 1.29 is 13.9 Å². The minimum atomic E-state index is -1.04. The molecule has 1 saturated carbocycles. The van der Waals surface area contributed by atoms with Gasteiger partial charge in [0.15, 0.2) is 0 Å². The van der Waals surface area contributed by atoms with Crippen LogP contribution in [0, 0.1) is 5.82 Å². The lowest BCUT2D eigenvalue weighted by atomic mass is 9.91. The van der Waals surface area contributed by atoms with Gasteiger partial charge in [-0.1, -0.05) is 17.7 Å². The van der Waals surface area contributed by atoms with Crippen LogP contribution in [0.25, 0.3) is 0 Å². The molecule has 0 amide bonds. The van der Waals surface area contributed by atoms with Gasteiger partial charge >= 0.3 is 5.97 Å². The number of ether oxygens (including phenoxy) is 1. The second kappa shape index (κ2) is 4.86. The molecule has 0 aromatic heterocycles. The van der Waals surface area contributed by atoms with Crippen LogP contribution in [0.2, 0.25) is 5.02 Å². The molecule has 18 heavy (non-hydrogen) atoms. The van der Waals surface area contributed by atoms with Crippen LogP contribution in [0.4, 0.5) is 4.39 Å². The number of benzene rings is 1. The van der Waals surface area contributed by atoms with Gasteiger partial charge in [-0.05, 0) is 31.9 Å². The molecule has 5 heteroatoms. The van der Waals surface area contributed by atoms with E-state index in [0.29, 0.717) is 5.56 Å². The first-order chi connectivity index (χ1) is 8.47. The van der Waals surface area contributed by atoms with Crippen LogP contribution in [0.15, 0.2) is 18.2 Å². The van der Waals surface area contributed by atoms with Gasteiger partial charge in [0.1, 0.15) is 11.4 Å². The number of esters is 1. The van der Waals surface area contributed by atoms with E-state index in [1.165, 1.54) is 25.3 Å². The fourth-order valence-electron chi connectivity index (χ4n) is 1.98. The number of hydrogen-bond donors (Lipinski definition) is 1. The molecular weight excluding hydrogens is 257 g/mol. The molecule has 0 saturated heterocycles. The van der Waals surface area contributed by atoms with Gasteiger partial charge in [0, 0.05) is 16.6 Å². The Balaban J connectivity index is 2.40. The Bertz CT molecular complexity index is 476. The summed E-state index contributed by atoms with van der Waals surface area (Å²) < 4.78 is 17.9. The van der Waals surface area contributed by atoms with Gasteiger partial charge in [0.2, 0.25) is 0 Å². The molecule has 1 fully saturated rings. The van der Waals surface area contributed by atoms with E-state index in [0.717, 1.165) is 12.8 Å². The molecule has 1 N–H and O–H groups in total. The maximum absolute atomic E-state index is 13.1. The molecule has 1 aromatic rings. The standard InChI is InChI=1S/C13H15ClFNO2/c1-13(12(17)18-2,16-9-4-5-9)10-6-3-8(15)7-11(10)14/h3,6-7,9,16H,4-5H2,1-2H3. The van der Waals surface area contributed by atoms with E-state index >= 15 is 0 Å². The Morgan fingerprint density at radius 1 is 1.56 bits per heavy atom. The Kier molecular flexibility index (Phi) is 3.59. The third-order valence-electron chi connectivity index (χ3n) is 3.13. The zero-order valence-corrected chi connectivity index (χ0v) is 11.1. The van der Waals surface area contributed by atoms with E-state index in [-0.39, 0.29) is 11.1 Å². The predicted molar refractivity (Wildman–Crippen MR) is 66.9 cm³/mol. The molecule has 0 aliphatic heterocycles. The highest BCUT2D eigenvalue weighted by atomic mass is 35.5. The number of methoxy groups -OCH3 is 1. The fraction of sp³-hybridized carbons (Fsp3) is 0.462. The quantitative estimate of drug-likeness (QED) is 0.856. The highest BCUT2D eigenvalue weighted by Gasteiger charge is 2.42. The molecule has 1 aliphatic rings. The summed E-state index contributed by atoms with van der Waals surface area (Å²) in [7, 11) is 1.33. The zero-order chi connectivity index (χ0) is 13.3. The van der Waals surface area contributed by atoms with E-state index < -0.39 is 17.3 Å². The van der Waals surface area contributed by atoms with Gasteiger partial charge in [0.05, 0.1) is 7.11 Å². The summed E-state index contributed by atoms with van der Waals surface area (Å²) in [6.07, 6.45) is 2.04. The summed E-state index contributed by atoms with van der Waals surface area (Å²) in [5.74, 6) is -0.856. The Hall–Kier alpha value is -1.13. The van der Waals surface area contributed by atoms with E-state index in [4.69, 9.17) is 16.3 Å². The van der Waals surface area contributed by atoms with Gasteiger partial charge < -0.3 is 4.74 Å². The molecule has 0 spiro atoms. The fourth-order valence-corrected chi connectivity index (χ4v) is 2.34. The van der Waals surface area contributed by atoms with Crippen molar-refractivity contribution in [1.82, 2.24) is 5.32 Å². The SMILES string of the molecule is COC(=O)C(C)(NC1CC1)c1ccc(F)cc1Cl. The van der Waals surface area contributed by atoms with E-state index in [1.807, 2.05) is 0 Å². The lowest BCUT2D eigenvalue weighted by Crippen LogP contribution is -2.48. The predicted octanol–water partition coefficient (Wildman–Crippen LogP) is 2.62. The van der Waals surface area contributed by atoms with Crippen molar-refractivity contribution >= 4 is 17.6 Å². The maximum atomic E-state index is 13.1. The van der Waals surface area contributed by atoms with Crippen LogP contribution >= 0.6 is 11.6 Å². The van der Waals surface area contributed by atoms with Crippen LogP contribution in [0.1, 0.15) is 25.3 Å². The van der Waals surface area contributed by atoms with Crippen LogP contribution < -0.4 is 5.32 Å². The molecular formula is C13H15ClFNO2. The highest BCUT2D eigenvalue weighted by molar-refractivity contribution is 6.31. The second-order valence-electron chi connectivity index (χ2n) is 4.66. The largest absolute Gasteiger partial charge is 0.467 e. The molecule has 2 rings (SSSR count). The lowest BCUT2D eigenvalue weighted by Gasteiger charge is -2.29. The molecule has 1 aliphatic carbocycles. The zero-order valence-electron chi connectivity index (χ0n) is 10.3. The van der Waals surface area contributed by atoms with Crippen LogP contribution in [0.5, 0.6) is 0 Å². The van der Waals surface area contributed by atoms with Crippen molar-refractivity contribution in [2.45, 2.75) is 31.3 Å². The molecule has 0 bridgehead atoms. The lowest BCUT2D eigenvalue weighted by molar-refractivity contribution is -0.148. The minimum absolute atomic E-state index is 0.219. The first-order valence-electron chi connectivity index (χ1n) is 5.79. The molecule has 1 unspecified atom stereocenters. The summed E-state index contributed by atoms with van der Waals surface area (Å²) >= 11 is 6.03. The van der Waals surface area contributed by atoms with Crippen molar-refractivity contribution in [2.24, 2.45) is 0 Å². The van der Waals surface area contributed by atoms with Gasteiger partial charge in [0.25, 0.3) is 0 Å². The van der Waals surface area contributed by atoms with Crippen molar-refractivity contribution in [3.63, 3.8) is 0 Å². The summed E-state index contributed by atoms with van der Waals surface area (Å²) in [6, 6.07) is 4.29. The average Bonchev–Trinajstić information content (AvgIpc) is 3.11. The second-order valence-corrected chi connectivity index (χ2v) is 5.07. The molecule has 0 radical (unpaired) electrons. The summed E-state index contributed by atoms with van der Waals surface area (Å²) in [5, 5.41) is 3.43.